The molecule has 0 amide bonds. The second-order valence-electron chi connectivity index (χ2n) is 31.5. The molecule has 3 N–H and O–H groups in total. The summed E-state index contributed by atoms with van der Waals surface area (Å²) in [6.07, 6.45) is 59.7. The summed E-state index contributed by atoms with van der Waals surface area (Å²) in [5, 5.41) is 10.7. The third kappa shape index (κ3) is 74.9. The molecule has 0 aliphatic rings. The largest absolute Gasteiger partial charge is 0.472 e. The molecule has 0 aliphatic heterocycles. The fraction of sp³-hybridized carbons (Fsp3) is 0.952. The van der Waals surface area contributed by atoms with Gasteiger partial charge < -0.3 is 33.8 Å². The Labute approximate surface area is 626 Å². The quantitative estimate of drug-likeness (QED) is 0.0222. The van der Waals surface area contributed by atoms with E-state index in [4.69, 9.17) is 37.0 Å². The van der Waals surface area contributed by atoms with Gasteiger partial charge >= 0.3 is 39.5 Å². The molecule has 6 atom stereocenters. The van der Waals surface area contributed by atoms with Gasteiger partial charge in [0.15, 0.2) is 12.2 Å². The second kappa shape index (κ2) is 72.0. The first-order valence-corrected chi connectivity index (χ1v) is 45.7. The Morgan fingerprint density at radius 1 is 0.275 bits per heavy atom. The number of aliphatic hydroxyl groups excluding tert-OH is 1. The van der Waals surface area contributed by atoms with Crippen molar-refractivity contribution in [3.8, 4) is 0 Å². The fourth-order valence-corrected chi connectivity index (χ4v) is 14.3. The van der Waals surface area contributed by atoms with Crippen molar-refractivity contribution < 1.29 is 80.2 Å². The summed E-state index contributed by atoms with van der Waals surface area (Å²) in [5.74, 6) is 1.01. The van der Waals surface area contributed by atoms with Crippen LogP contribution in [0.25, 0.3) is 0 Å². The van der Waals surface area contributed by atoms with Crippen molar-refractivity contribution in [2.24, 2.45) is 23.7 Å². The van der Waals surface area contributed by atoms with Crippen LogP contribution in [-0.2, 0) is 65.4 Å². The number of ether oxygens (including phenoxy) is 4. The zero-order valence-electron chi connectivity index (χ0n) is 67.2. The Kier molecular flexibility index (Phi) is 70.6. The molecular weight excluding hydrogens is 1330 g/mol. The summed E-state index contributed by atoms with van der Waals surface area (Å²) >= 11 is 0. The number of esters is 4. The van der Waals surface area contributed by atoms with Gasteiger partial charge in [0.1, 0.15) is 19.3 Å². The zero-order chi connectivity index (χ0) is 75.3. The maximum atomic E-state index is 13.1. The van der Waals surface area contributed by atoms with E-state index >= 15 is 0 Å². The molecule has 0 heterocycles. The highest BCUT2D eigenvalue weighted by Gasteiger charge is 2.30. The summed E-state index contributed by atoms with van der Waals surface area (Å²) in [7, 11) is -9.93. The van der Waals surface area contributed by atoms with Gasteiger partial charge in [-0.1, -0.05) is 376 Å². The van der Waals surface area contributed by atoms with Crippen LogP contribution in [0.1, 0.15) is 428 Å². The van der Waals surface area contributed by atoms with E-state index in [0.717, 1.165) is 120 Å². The van der Waals surface area contributed by atoms with E-state index in [9.17, 15) is 43.2 Å². The Morgan fingerprint density at radius 2 is 0.471 bits per heavy atom. The molecule has 0 aromatic heterocycles. The molecule has 19 heteroatoms. The highest BCUT2D eigenvalue weighted by molar-refractivity contribution is 7.47. The van der Waals surface area contributed by atoms with Crippen LogP contribution in [0.15, 0.2) is 0 Å². The molecule has 0 spiro atoms. The molecule has 0 aromatic carbocycles. The van der Waals surface area contributed by atoms with Crippen LogP contribution in [0.2, 0.25) is 0 Å². The molecule has 17 nitrogen and oxygen atoms in total. The normalized spacial score (nSPS) is 14.3. The molecule has 0 saturated heterocycles. The molecule has 0 radical (unpaired) electrons. The van der Waals surface area contributed by atoms with E-state index in [1.54, 1.807) is 0 Å². The SMILES string of the molecule is CCC(C)CCCCCCCCC(=O)OC[C@H](COP(=O)(O)OC[C@H](O)COP(=O)(O)OC[C@@H](COC(=O)CCCCCCCCCCCCCCCCCC(C)C)OC(=O)CCCCCCCCCCCCCCCC(C)C)OC(=O)CCCCCCCCCCCCCCCCCC(C)C. The summed E-state index contributed by atoms with van der Waals surface area (Å²) in [6, 6.07) is 0. The molecule has 0 aliphatic carbocycles. The van der Waals surface area contributed by atoms with Crippen LogP contribution in [0.4, 0.5) is 0 Å². The maximum absolute atomic E-state index is 13.1. The third-order valence-corrected chi connectivity index (χ3v) is 21.6. The van der Waals surface area contributed by atoms with Crippen LogP contribution >= 0.6 is 15.6 Å². The second-order valence-corrected chi connectivity index (χ2v) is 34.4. The summed E-state index contributed by atoms with van der Waals surface area (Å²) < 4.78 is 68.8. The lowest BCUT2D eigenvalue weighted by Gasteiger charge is -2.21. The highest BCUT2D eigenvalue weighted by Crippen LogP contribution is 2.45. The number of aliphatic hydroxyl groups is 1. The topological polar surface area (TPSA) is 237 Å². The number of phosphoric acid groups is 2. The minimum absolute atomic E-state index is 0.107. The number of phosphoric ester groups is 2. The van der Waals surface area contributed by atoms with Gasteiger partial charge in [-0.15, -0.1) is 0 Å². The van der Waals surface area contributed by atoms with Crippen LogP contribution in [0.5, 0.6) is 0 Å². The van der Waals surface area contributed by atoms with Gasteiger partial charge in [-0.25, -0.2) is 9.13 Å². The standard InChI is InChI=1S/C83H162O17P2/c1-9-76(8)62-54-46-41-42-48-56-64-81(86)94-70-79(100-83(88)65-57-49-39-33-27-21-15-11-13-18-24-30-36-44-52-60-74(4)5)72-98-102(91,92)96-68-77(84)67-95-101(89,90)97-71-78(99-82(87)66-58-50-40-34-28-22-16-19-25-31-37-45-53-61-75(6)7)69-93-80(85)63-55-47-38-32-26-20-14-10-12-17-23-29-35-43-51-59-73(2)3/h73-79,84H,9-72H2,1-8H3,(H,89,90)(H,91,92)/t76?,77-,78-,79-/m1/s1. The van der Waals surface area contributed by atoms with Crippen molar-refractivity contribution in [1.29, 1.82) is 0 Å². The lowest BCUT2D eigenvalue weighted by atomic mass is 10.00. The average molecular weight is 1490 g/mol. The van der Waals surface area contributed by atoms with Crippen molar-refractivity contribution in [2.75, 3.05) is 39.6 Å². The molecule has 0 saturated carbocycles. The first kappa shape index (κ1) is 100. The minimum Gasteiger partial charge on any atom is -0.462 e. The zero-order valence-corrected chi connectivity index (χ0v) is 69.0. The van der Waals surface area contributed by atoms with Crippen molar-refractivity contribution in [1.82, 2.24) is 0 Å². The van der Waals surface area contributed by atoms with E-state index in [1.165, 1.54) is 225 Å². The number of carbonyl (C=O) groups is 4. The average Bonchev–Trinajstić information content (AvgIpc) is 0.917. The Balaban J connectivity index is 5.24. The monoisotopic (exact) mass is 1490 g/mol. The minimum atomic E-state index is -4.96. The number of unbranched alkanes of at least 4 members (excludes halogenated alkanes) is 45. The summed E-state index contributed by atoms with van der Waals surface area (Å²) in [5.41, 5.74) is 0. The van der Waals surface area contributed by atoms with Crippen LogP contribution in [0.3, 0.4) is 0 Å². The van der Waals surface area contributed by atoms with Gasteiger partial charge in [-0.2, -0.15) is 0 Å². The van der Waals surface area contributed by atoms with Crippen LogP contribution in [0, 0.1) is 23.7 Å². The molecule has 102 heavy (non-hydrogen) atoms. The van der Waals surface area contributed by atoms with E-state index in [0.29, 0.717) is 25.7 Å². The molecule has 3 unspecified atom stereocenters. The first-order chi connectivity index (χ1) is 49.1. The predicted molar refractivity (Wildman–Crippen MR) is 418 cm³/mol. The van der Waals surface area contributed by atoms with Gasteiger partial charge in [0, 0.05) is 25.7 Å². The predicted octanol–water partition coefficient (Wildman–Crippen LogP) is 24.8. The van der Waals surface area contributed by atoms with Crippen LogP contribution < -0.4 is 0 Å². The Bertz CT molecular complexity index is 1990. The molecule has 0 bridgehead atoms. The van der Waals surface area contributed by atoms with Gasteiger partial charge in [0.05, 0.1) is 26.4 Å². The van der Waals surface area contributed by atoms with Crippen molar-refractivity contribution >= 4 is 39.5 Å². The van der Waals surface area contributed by atoms with Gasteiger partial charge in [-0.05, 0) is 49.4 Å². The lowest BCUT2D eigenvalue weighted by Crippen LogP contribution is -2.30. The number of hydrogen-bond donors (Lipinski definition) is 3. The Morgan fingerprint density at radius 3 is 0.696 bits per heavy atom. The molecule has 0 rings (SSSR count). The van der Waals surface area contributed by atoms with Gasteiger partial charge in [0.2, 0.25) is 0 Å². The van der Waals surface area contributed by atoms with E-state index in [2.05, 4.69) is 55.4 Å². The van der Waals surface area contributed by atoms with E-state index in [1.807, 2.05) is 0 Å². The van der Waals surface area contributed by atoms with E-state index in [-0.39, 0.29) is 25.7 Å². The van der Waals surface area contributed by atoms with Crippen molar-refractivity contribution in [2.45, 2.75) is 446 Å². The fourth-order valence-electron chi connectivity index (χ4n) is 12.8. The smallest absolute Gasteiger partial charge is 0.462 e. The highest BCUT2D eigenvalue weighted by atomic mass is 31.2. The number of carbonyl (C=O) groups excluding carboxylic acids is 4. The molecule has 0 aromatic rings. The van der Waals surface area contributed by atoms with Crippen molar-refractivity contribution in [3.63, 3.8) is 0 Å². The molecular formula is C83H162O17P2. The van der Waals surface area contributed by atoms with Crippen molar-refractivity contribution in [3.05, 3.63) is 0 Å². The molecule has 0 fully saturated rings. The first-order valence-electron chi connectivity index (χ1n) is 42.7. The van der Waals surface area contributed by atoms with Crippen LogP contribution in [-0.4, -0.2) is 96.7 Å². The summed E-state index contributed by atoms with van der Waals surface area (Å²) in [4.78, 5) is 73.1. The Hall–Kier alpha value is -1.94. The lowest BCUT2D eigenvalue weighted by molar-refractivity contribution is -0.161. The molecule has 606 valence electrons. The van der Waals surface area contributed by atoms with Gasteiger partial charge in [0.25, 0.3) is 0 Å². The van der Waals surface area contributed by atoms with Gasteiger partial charge in [-0.3, -0.25) is 37.3 Å². The summed E-state index contributed by atoms with van der Waals surface area (Å²) in [6.45, 7) is 14.3. The van der Waals surface area contributed by atoms with E-state index < -0.39 is 97.5 Å². The number of rotatable bonds is 80. The maximum Gasteiger partial charge on any atom is 0.472 e. The third-order valence-electron chi connectivity index (χ3n) is 19.7. The number of hydrogen-bond acceptors (Lipinski definition) is 15.